The zero-order valence-corrected chi connectivity index (χ0v) is 9.29. The van der Waals surface area contributed by atoms with Crippen LogP contribution in [0.4, 0.5) is 0 Å². The lowest BCUT2D eigenvalue weighted by Gasteiger charge is -2.11. The number of carbonyl (C=O) groups is 1. The van der Waals surface area contributed by atoms with Crippen molar-refractivity contribution < 1.29 is 9.53 Å². The molecule has 1 saturated heterocycles. The van der Waals surface area contributed by atoms with Crippen LogP contribution in [-0.2, 0) is 9.53 Å². The largest absolute Gasteiger partial charge is 0.468 e. The molecule has 1 heterocycles. The number of hydrogen-bond acceptors (Lipinski definition) is 4. The summed E-state index contributed by atoms with van der Waals surface area (Å²) in [6.07, 6.45) is 0. The second-order valence-electron chi connectivity index (χ2n) is 3.37. The van der Waals surface area contributed by atoms with E-state index in [1.165, 1.54) is 12.7 Å². The van der Waals surface area contributed by atoms with E-state index in [0.29, 0.717) is 0 Å². The van der Waals surface area contributed by atoms with E-state index in [2.05, 4.69) is 17.4 Å². The van der Waals surface area contributed by atoms with Crippen molar-refractivity contribution in [3.8, 4) is 0 Å². The van der Waals surface area contributed by atoms with Crippen LogP contribution in [0.15, 0.2) is 30.3 Å². The molecule has 2 rings (SSSR count). The Morgan fingerprint density at radius 3 is 2.87 bits per heavy atom. The molecule has 1 aromatic carbocycles. The highest BCUT2D eigenvalue weighted by molar-refractivity contribution is 7.99. The Morgan fingerprint density at radius 2 is 2.20 bits per heavy atom. The summed E-state index contributed by atoms with van der Waals surface area (Å²) in [5, 5.41) is 3.45. The Kier molecular flexibility index (Phi) is 3.28. The van der Waals surface area contributed by atoms with E-state index < -0.39 is 0 Å². The molecule has 15 heavy (non-hydrogen) atoms. The molecule has 0 spiro atoms. The second-order valence-corrected chi connectivity index (χ2v) is 4.50. The van der Waals surface area contributed by atoms with E-state index in [-0.39, 0.29) is 17.4 Å². The Bertz CT molecular complexity index is 342. The minimum Gasteiger partial charge on any atom is -0.468 e. The first-order valence-corrected chi connectivity index (χ1v) is 5.86. The van der Waals surface area contributed by atoms with Crippen molar-refractivity contribution in [2.45, 2.75) is 11.4 Å². The summed E-state index contributed by atoms with van der Waals surface area (Å²) in [5.74, 6) is 0.590. The lowest BCUT2D eigenvalue weighted by Crippen LogP contribution is -2.34. The van der Waals surface area contributed by atoms with E-state index in [1.54, 1.807) is 11.8 Å². The molecule has 0 aromatic heterocycles. The maximum absolute atomic E-state index is 11.3. The van der Waals surface area contributed by atoms with Crippen molar-refractivity contribution in [1.82, 2.24) is 5.32 Å². The molecule has 0 saturated carbocycles. The minimum atomic E-state index is -0.180. The van der Waals surface area contributed by atoms with Crippen LogP contribution in [-0.4, -0.2) is 24.9 Å². The first-order chi connectivity index (χ1) is 7.31. The average molecular weight is 223 g/mol. The highest BCUT2D eigenvalue weighted by atomic mass is 32.2. The number of methoxy groups -OCH3 is 1. The summed E-state index contributed by atoms with van der Waals surface area (Å²) in [4.78, 5) is 11.3. The molecule has 1 N–H and O–H groups in total. The number of carbonyl (C=O) groups excluding carboxylic acids is 1. The van der Waals surface area contributed by atoms with Gasteiger partial charge in [0.25, 0.3) is 0 Å². The van der Waals surface area contributed by atoms with Crippen molar-refractivity contribution in [2.24, 2.45) is 0 Å². The van der Waals surface area contributed by atoms with Gasteiger partial charge in [0.1, 0.15) is 6.04 Å². The predicted molar refractivity (Wildman–Crippen MR) is 60.6 cm³/mol. The zero-order valence-electron chi connectivity index (χ0n) is 8.47. The Morgan fingerprint density at radius 1 is 1.47 bits per heavy atom. The SMILES string of the molecule is COC(=O)[C@H]1CSC(c2ccccc2)N1. The first kappa shape index (κ1) is 10.5. The fourth-order valence-corrected chi connectivity index (χ4v) is 2.80. The van der Waals surface area contributed by atoms with E-state index in [9.17, 15) is 4.79 Å². The van der Waals surface area contributed by atoms with Gasteiger partial charge < -0.3 is 4.74 Å². The standard InChI is InChI=1S/C11H13NO2S/c1-14-11(13)9-7-15-10(12-9)8-5-3-2-4-6-8/h2-6,9-10,12H,7H2,1H3/t9-,10?/m1/s1. The summed E-state index contributed by atoms with van der Waals surface area (Å²) in [6, 6.07) is 9.94. The molecule has 4 heteroatoms. The summed E-state index contributed by atoms with van der Waals surface area (Å²) in [7, 11) is 1.42. The van der Waals surface area contributed by atoms with Crippen LogP contribution in [0.1, 0.15) is 10.9 Å². The number of nitrogens with one attached hydrogen (secondary N) is 1. The first-order valence-electron chi connectivity index (χ1n) is 4.81. The number of benzene rings is 1. The molecule has 0 bridgehead atoms. The fourth-order valence-electron chi connectivity index (χ4n) is 1.57. The maximum Gasteiger partial charge on any atom is 0.323 e. The van der Waals surface area contributed by atoms with Gasteiger partial charge in [0.05, 0.1) is 12.5 Å². The summed E-state index contributed by atoms with van der Waals surface area (Å²) in [5.41, 5.74) is 1.20. The fraction of sp³-hybridized carbons (Fsp3) is 0.364. The van der Waals surface area contributed by atoms with Crippen LogP contribution in [0.5, 0.6) is 0 Å². The molecule has 80 valence electrons. The zero-order chi connectivity index (χ0) is 10.7. The molecular formula is C11H13NO2S. The van der Waals surface area contributed by atoms with Crippen LogP contribution >= 0.6 is 11.8 Å². The quantitative estimate of drug-likeness (QED) is 0.772. The van der Waals surface area contributed by atoms with Gasteiger partial charge >= 0.3 is 5.97 Å². The average Bonchev–Trinajstić information content (AvgIpc) is 2.78. The number of rotatable bonds is 2. The van der Waals surface area contributed by atoms with E-state index in [4.69, 9.17) is 4.74 Å². The molecule has 1 unspecified atom stereocenters. The van der Waals surface area contributed by atoms with Crippen molar-refractivity contribution >= 4 is 17.7 Å². The highest BCUT2D eigenvalue weighted by Crippen LogP contribution is 2.32. The number of thioether (sulfide) groups is 1. The Hall–Kier alpha value is -1.00. The number of esters is 1. The molecule has 1 aliphatic heterocycles. The Labute approximate surface area is 93.2 Å². The lowest BCUT2D eigenvalue weighted by atomic mass is 10.2. The van der Waals surface area contributed by atoms with Gasteiger partial charge in [0.2, 0.25) is 0 Å². The van der Waals surface area contributed by atoms with Gasteiger partial charge in [-0.25, -0.2) is 0 Å². The molecule has 0 radical (unpaired) electrons. The second kappa shape index (κ2) is 4.68. The van der Waals surface area contributed by atoms with Crippen LogP contribution in [0.3, 0.4) is 0 Å². The van der Waals surface area contributed by atoms with E-state index in [0.717, 1.165) is 5.75 Å². The number of hydrogen-bond donors (Lipinski definition) is 1. The van der Waals surface area contributed by atoms with Gasteiger partial charge in [-0.3, -0.25) is 10.1 Å². The van der Waals surface area contributed by atoms with Crippen LogP contribution < -0.4 is 5.32 Å². The maximum atomic E-state index is 11.3. The summed E-state index contributed by atoms with van der Waals surface area (Å²) < 4.78 is 4.70. The lowest BCUT2D eigenvalue weighted by molar-refractivity contribution is -0.142. The smallest absolute Gasteiger partial charge is 0.323 e. The monoisotopic (exact) mass is 223 g/mol. The highest BCUT2D eigenvalue weighted by Gasteiger charge is 2.30. The molecular weight excluding hydrogens is 210 g/mol. The molecule has 0 amide bonds. The van der Waals surface area contributed by atoms with Gasteiger partial charge in [-0.1, -0.05) is 30.3 Å². The van der Waals surface area contributed by atoms with Gasteiger partial charge in [-0.2, -0.15) is 0 Å². The van der Waals surface area contributed by atoms with Gasteiger partial charge in [-0.15, -0.1) is 11.8 Å². The summed E-state index contributed by atoms with van der Waals surface area (Å²) in [6.45, 7) is 0. The topological polar surface area (TPSA) is 38.3 Å². The third kappa shape index (κ3) is 2.33. The van der Waals surface area contributed by atoms with Crippen molar-refractivity contribution in [1.29, 1.82) is 0 Å². The van der Waals surface area contributed by atoms with Crippen molar-refractivity contribution in [2.75, 3.05) is 12.9 Å². The molecule has 1 aromatic rings. The normalized spacial score (nSPS) is 25.1. The number of ether oxygens (including phenoxy) is 1. The summed E-state index contributed by atoms with van der Waals surface area (Å²) >= 11 is 1.74. The van der Waals surface area contributed by atoms with Gasteiger partial charge in [0, 0.05) is 5.75 Å². The third-order valence-electron chi connectivity index (χ3n) is 2.37. The minimum absolute atomic E-state index is 0.176. The van der Waals surface area contributed by atoms with Gasteiger partial charge in [0.15, 0.2) is 0 Å². The molecule has 3 nitrogen and oxygen atoms in total. The van der Waals surface area contributed by atoms with Crippen LogP contribution in [0.25, 0.3) is 0 Å². The Balaban J connectivity index is 2.02. The predicted octanol–water partition coefficient (Wildman–Crippen LogP) is 1.56. The van der Waals surface area contributed by atoms with Gasteiger partial charge in [-0.05, 0) is 5.56 Å². The van der Waals surface area contributed by atoms with E-state index >= 15 is 0 Å². The van der Waals surface area contributed by atoms with E-state index in [1.807, 2.05) is 18.2 Å². The third-order valence-corrected chi connectivity index (χ3v) is 3.64. The molecule has 0 aliphatic carbocycles. The van der Waals surface area contributed by atoms with Crippen molar-refractivity contribution in [3.63, 3.8) is 0 Å². The molecule has 2 atom stereocenters. The van der Waals surface area contributed by atoms with Crippen LogP contribution in [0, 0.1) is 0 Å². The molecule has 1 fully saturated rings. The van der Waals surface area contributed by atoms with Crippen molar-refractivity contribution in [3.05, 3.63) is 35.9 Å². The van der Waals surface area contributed by atoms with Crippen LogP contribution in [0.2, 0.25) is 0 Å². The molecule has 1 aliphatic rings.